The SMILES string of the molecule is CN(CC(=O)N1CC[C@H]2CCCC[C@@H]2C1)c1ncnc2nc[nH]c12. The molecule has 2 aromatic rings. The van der Waals surface area contributed by atoms with Gasteiger partial charge in [-0.15, -0.1) is 0 Å². The maximum Gasteiger partial charge on any atom is 0.242 e. The number of anilines is 1. The summed E-state index contributed by atoms with van der Waals surface area (Å²) in [6, 6.07) is 0. The molecule has 128 valence electrons. The smallest absolute Gasteiger partial charge is 0.242 e. The zero-order chi connectivity index (χ0) is 16.5. The van der Waals surface area contributed by atoms with E-state index in [1.807, 2.05) is 16.8 Å². The van der Waals surface area contributed by atoms with Crippen molar-refractivity contribution in [2.45, 2.75) is 32.1 Å². The van der Waals surface area contributed by atoms with Gasteiger partial charge < -0.3 is 14.8 Å². The Morgan fingerprint density at radius 1 is 1.25 bits per heavy atom. The quantitative estimate of drug-likeness (QED) is 0.930. The number of rotatable bonds is 3. The fraction of sp³-hybridized carbons (Fsp3) is 0.647. The number of hydrogen-bond donors (Lipinski definition) is 1. The van der Waals surface area contributed by atoms with Gasteiger partial charge in [-0.3, -0.25) is 4.79 Å². The van der Waals surface area contributed by atoms with Crippen molar-refractivity contribution in [3.8, 4) is 0 Å². The van der Waals surface area contributed by atoms with E-state index < -0.39 is 0 Å². The number of nitrogens with one attached hydrogen (secondary N) is 1. The zero-order valence-corrected chi connectivity index (χ0v) is 14.1. The van der Waals surface area contributed by atoms with Crippen LogP contribution in [0.25, 0.3) is 11.2 Å². The van der Waals surface area contributed by atoms with Crippen LogP contribution in [-0.4, -0.2) is 57.4 Å². The van der Waals surface area contributed by atoms with E-state index in [9.17, 15) is 4.79 Å². The van der Waals surface area contributed by atoms with Gasteiger partial charge in [-0.25, -0.2) is 15.0 Å². The first-order valence-electron chi connectivity index (χ1n) is 8.85. The first-order chi connectivity index (χ1) is 11.7. The molecule has 4 rings (SSSR count). The molecule has 1 aliphatic carbocycles. The zero-order valence-electron chi connectivity index (χ0n) is 14.1. The number of amides is 1. The minimum Gasteiger partial charge on any atom is -0.348 e. The molecule has 24 heavy (non-hydrogen) atoms. The van der Waals surface area contributed by atoms with Crippen molar-refractivity contribution in [1.82, 2.24) is 24.8 Å². The number of likely N-dealkylation sites (tertiary alicyclic amines) is 1. The van der Waals surface area contributed by atoms with E-state index in [0.717, 1.165) is 30.3 Å². The van der Waals surface area contributed by atoms with Crippen molar-refractivity contribution >= 4 is 22.9 Å². The van der Waals surface area contributed by atoms with Crippen molar-refractivity contribution in [1.29, 1.82) is 0 Å². The number of fused-ring (bicyclic) bond motifs is 2. The number of hydrogen-bond acceptors (Lipinski definition) is 5. The Hall–Kier alpha value is -2.18. The number of likely N-dealkylation sites (N-methyl/N-ethyl adjacent to an activating group) is 1. The highest BCUT2D eigenvalue weighted by molar-refractivity contribution is 5.87. The van der Waals surface area contributed by atoms with Gasteiger partial charge in [-0.1, -0.05) is 19.3 Å². The van der Waals surface area contributed by atoms with Crippen LogP contribution >= 0.6 is 0 Å². The van der Waals surface area contributed by atoms with Gasteiger partial charge in [0.25, 0.3) is 0 Å². The summed E-state index contributed by atoms with van der Waals surface area (Å²) in [7, 11) is 1.90. The summed E-state index contributed by atoms with van der Waals surface area (Å²) >= 11 is 0. The van der Waals surface area contributed by atoms with Crippen LogP contribution in [0.1, 0.15) is 32.1 Å². The molecule has 7 heteroatoms. The van der Waals surface area contributed by atoms with Crippen molar-refractivity contribution in [2.75, 3.05) is 31.6 Å². The summed E-state index contributed by atoms with van der Waals surface area (Å²) < 4.78 is 0. The highest BCUT2D eigenvalue weighted by Gasteiger charge is 2.33. The molecule has 0 bridgehead atoms. The number of aromatic amines is 1. The van der Waals surface area contributed by atoms with Crippen LogP contribution in [0.2, 0.25) is 0 Å². The number of piperidine rings is 1. The van der Waals surface area contributed by atoms with Gasteiger partial charge in [0.1, 0.15) is 11.8 Å². The van der Waals surface area contributed by atoms with Crippen LogP contribution < -0.4 is 4.90 Å². The summed E-state index contributed by atoms with van der Waals surface area (Å²) in [4.78, 5) is 32.3. The molecule has 0 aromatic carbocycles. The lowest BCUT2D eigenvalue weighted by Crippen LogP contribution is -2.47. The Morgan fingerprint density at radius 3 is 2.96 bits per heavy atom. The van der Waals surface area contributed by atoms with Crippen LogP contribution in [0.3, 0.4) is 0 Å². The first kappa shape index (κ1) is 15.4. The third-order valence-electron chi connectivity index (χ3n) is 5.58. The molecule has 2 aromatic heterocycles. The van der Waals surface area contributed by atoms with Gasteiger partial charge in [-0.05, 0) is 24.7 Å². The molecular weight excluding hydrogens is 304 g/mol. The molecule has 2 atom stereocenters. The van der Waals surface area contributed by atoms with E-state index >= 15 is 0 Å². The van der Waals surface area contributed by atoms with E-state index in [2.05, 4.69) is 19.9 Å². The van der Waals surface area contributed by atoms with E-state index in [0.29, 0.717) is 18.1 Å². The van der Waals surface area contributed by atoms with Gasteiger partial charge in [-0.2, -0.15) is 0 Å². The number of aromatic nitrogens is 4. The second-order valence-corrected chi connectivity index (χ2v) is 7.09. The Morgan fingerprint density at radius 2 is 2.08 bits per heavy atom. The predicted octanol–water partition coefficient (Wildman–Crippen LogP) is 1.83. The summed E-state index contributed by atoms with van der Waals surface area (Å²) in [6.07, 6.45) is 9.58. The number of nitrogens with zero attached hydrogens (tertiary/aromatic N) is 5. The summed E-state index contributed by atoms with van der Waals surface area (Å²) in [5.74, 6) is 2.46. The second kappa shape index (κ2) is 6.37. The maximum atomic E-state index is 12.7. The average molecular weight is 328 g/mol. The lowest BCUT2D eigenvalue weighted by Gasteiger charge is -2.41. The first-order valence-corrected chi connectivity index (χ1v) is 8.85. The maximum absolute atomic E-state index is 12.7. The number of H-pyrrole nitrogens is 1. The Labute approximate surface area is 141 Å². The fourth-order valence-corrected chi connectivity index (χ4v) is 4.25. The third-order valence-corrected chi connectivity index (χ3v) is 5.58. The van der Waals surface area contributed by atoms with Crippen molar-refractivity contribution in [3.63, 3.8) is 0 Å². The number of carbonyl (C=O) groups is 1. The molecule has 1 saturated carbocycles. The van der Waals surface area contributed by atoms with Crippen molar-refractivity contribution < 1.29 is 4.79 Å². The molecule has 0 unspecified atom stereocenters. The van der Waals surface area contributed by atoms with E-state index in [1.54, 1.807) is 6.33 Å². The number of imidazole rings is 1. The van der Waals surface area contributed by atoms with Gasteiger partial charge in [0, 0.05) is 20.1 Å². The van der Waals surface area contributed by atoms with Gasteiger partial charge >= 0.3 is 0 Å². The second-order valence-electron chi connectivity index (χ2n) is 7.09. The summed E-state index contributed by atoms with van der Waals surface area (Å²) in [5.41, 5.74) is 1.40. The molecule has 1 amide bonds. The minimum absolute atomic E-state index is 0.188. The highest BCUT2D eigenvalue weighted by Crippen LogP contribution is 2.36. The molecule has 2 fully saturated rings. The van der Waals surface area contributed by atoms with Crippen LogP contribution in [0.4, 0.5) is 5.82 Å². The lowest BCUT2D eigenvalue weighted by molar-refractivity contribution is -0.132. The monoisotopic (exact) mass is 328 g/mol. The summed E-state index contributed by atoms with van der Waals surface area (Å²) in [5, 5.41) is 0. The fourth-order valence-electron chi connectivity index (χ4n) is 4.25. The van der Waals surface area contributed by atoms with E-state index in [4.69, 9.17) is 0 Å². The van der Waals surface area contributed by atoms with Crippen LogP contribution in [0, 0.1) is 11.8 Å². The van der Waals surface area contributed by atoms with Crippen LogP contribution in [0.15, 0.2) is 12.7 Å². The molecule has 1 saturated heterocycles. The molecule has 7 nitrogen and oxygen atoms in total. The van der Waals surface area contributed by atoms with Crippen LogP contribution in [-0.2, 0) is 4.79 Å². The molecular formula is C17H24N6O. The molecule has 3 heterocycles. The van der Waals surface area contributed by atoms with Gasteiger partial charge in [0.05, 0.1) is 12.9 Å². The normalized spacial score (nSPS) is 24.0. The highest BCUT2D eigenvalue weighted by atomic mass is 16.2. The molecule has 1 N–H and O–H groups in total. The van der Waals surface area contributed by atoms with E-state index in [-0.39, 0.29) is 5.91 Å². The van der Waals surface area contributed by atoms with Gasteiger partial charge in [0.15, 0.2) is 11.5 Å². The lowest BCUT2D eigenvalue weighted by atomic mass is 9.75. The molecule has 0 spiro atoms. The standard InChI is InChI=1S/C17H24N6O/c1-22(17-15-16(19-10-18-15)20-11-21-17)9-14(24)23-7-6-12-4-2-3-5-13(12)8-23/h10-13H,2-9H2,1H3,(H,18,19,20,21)/t12-,13-/m1/s1. The minimum atomic E-state index is 0.188. The Balaban J connectivity index is 1.43. The molecule has 0 radical (unpaired) electrons. The third kappa shape index (κ3) is 2.83. The Kier molecular flexibility index (Phi) is 4.08. The van der Waals surface area contributed by atoms with E-state index in [1.165, 1.54) is 38.4 Å². The van der Waals surface area contributed by atoms with Crippen molar-refractivity contribution in [2.24, 2.45) is 11.8 Å². The van der Waals surface area contributed by atoms with Crippen molar-refractivity contribution in [3.05, 3.63) is 12.7 Å². The molecule has 1 aliphatic heterocycles. The Bertz CT molecular complexity index is 729. The summed E-state index contributed by atoms with van der Waals surface area (Å²) in [6.45, 7) is 2.17. The molecule has 2 aliphatic rings. The average Bonchev–Trinajstić information content (AvgIpc) is 3.09. The largest absolute Gasteiger partial charge is 0.348 e. The van der Waals surface area contributed by atoms with Gasteiger partial charge in [0.2, 0.25) is 5.91 Å². The number of carbonyl (C=O) groups excluding carboxylic acids is 1. The van der Waals surface area contributed by atoms with Crippen LogP contribution in [0.5, 0.6) is 0 Å². The predicted molar refractivity (Wildman–Crippen MR) is 91.6 cm³/mol. The topological polar surface area (TPSA) is 78.0 Å².